The van der Waals surface area contributed by atoms with Crippen LogP contribution < -0.4 is 0 Å². The molecule has 0 fully saturated rings. The van der Waals surface area contributed by atoms with Crippen LogP contribution >= 0.6 is 0 Å². The molecule has 0 radical (unpaired) electrons. The average molecular weight is 208 g/mol. The lowest BCUT2D eigenvalue weighted by Crippen LogP contribution is -2.34. The van der Waals surface area contributed by atoms with Crippen molar-refractivity contribution in [2.75, 3.05) is 0 Å². The topological polar surface area (TPSA) is 29.5 Å². The first-order chi connectivity index (χ1) is 7.08. The lowest BCUT2D eigenvalue weighted by Gasteiger charge is -2.30. The zero-order chi connectivity index (χ0) is 11.3. The van der Waals surface area contributed by atoms with Crippen LogP contribution in [-0.2, 0) is 11.3 Å². The maximum atomic E-state index is 8.93. The second-order valence-electron chi connectivity index (χ2n) is 4.54. The van der Waals surface area contributed by atoms with Crippen LogP contribution in [-0.4, -0.2) is 10.9 Å². The van der Waals surface area contributed by atoms with Crippen LogP contribution in [0.2, 0.25) is 0 Å². The van der Waals surface area contributed by atoms with Crippen LogP contribution in [0.1, 0.15) is 32.8 Å². The summed E-state index contributed by atoms with van der Waals surface area (Å²) in [6.45, 7) is 6.06. The highest BCUT2D eigenvalue weighted by atomic mass is 17.1. The minimum absolute atomic E-state index is 0.297. The van der Waals surface area contributed by atoms with Crippen LogP contribution in [0, 0.1) is 5.92 Å². The Morgan fingerprint density at radius 3 is 2.33 bits per heavy atom. The Bertz CT molecular complexity index is 282. The largest absolute Gasteiger partial charge is 0.251 e. The zero-order valence-electron chi connectivity index (χ0n) is 9.73. The molecule has 84 valence electrons. The Morgan fingerprint density at radius 1 is 1.27 bits per heavy atom. The number of hydrogen-bond donors (Lipinski definition) is 1. The van der Waals surface area contributed by atoms with Gasteiger partial charge in [-0.15, -0.1) is 0 Å². The van der Waals surface area contributed by atoms with Gasteiger partial charge in [0.05, 0.1) is 0 Å². The fraction of sp³-hybridized carbons (Fsp3) is 0.538. The van der Waals surface area contributed by atoms with E-state index in [-0.39, 0.29) is 0 Å². The Hall–Kier alpha value is -0.860. The summed E-state index contributed by atoms with van der Waals surface area (Å²) in [4.78, 5) is 4.62. The van der Waals surface area contributed by atoms with E-state index in [9.17, 15) is 0 Å². The molecule has 0 saturated heterocycles. The fourth-order valence-corrected chi connectivity index (χ4v) is 1.48. The van der Waals surface area contributed by atoms with Crippen molar-refractivity contribution in [3.05, 3.63) is 35.9 Å². The molecule has 2 heteroatoms. The van der Waals surface area contributed by atoms with Crippen molar-refractivity contribution in [2.24, 2.45) is 5.92 Å². The monoisotopic (exact) mass is 208 g/mol. The molecule has 0 bridgehead atoms. The molecule has 1 aromatic carbocycles. The van der Waals surface area contributed by atoms with E-state index in [0.717, 1.165) is 12.8 Å². The molecule has 1 atom stereocenters. The predicted octanol–water partition coefficient (Wildman–Crippen LogP) is 3.52. The minimum atomic E-state index is -0.449. The minimum Gasteiger partial charge on any atom is -0.251 e. The molecule has 1 rings (SSSR count). The van der Waals surface area contributed by atoms with E-state index >= 15 is 0 Å². The van der Waals surface area contributed by atoms with Crippen LogP contribution in [0.3, 0.4) is 0 Å². The van der Waals surface area contributed by atoms with Gasteiger partial charge in [-0.25, -0.2) is 4.89 Å². The van der Waals surface area contributed by atoms with Gasteiger partial charge < -0.3 is 0 Å². The van der Waals surface area contributed by atoms with Crippen molar-refractivity contribution in [3.63, 3.8) is 0 Å². The van der Waals surface area contributed by atoms with Crippen molar-refractivity contribution in [1.82, 2.24) is 0 Å². The molecule has 0 aliphatic carbocycles. The lowest BCUT2D eigenvalue weighted by molar-refractivity contribution is -0.331. The number of benzene rings is 1. The molecule has 0 heterocycles. The number of aryl methyl sites for hydroxylation is 1. The third kappa shape index (κ3) is 3.33. The van der Waals surface area contributed by atoms with E-state index in [0.29, 0.717) is 5.92 Å². The average Bonchev–Trinajstić information content (AvgIpc) is 2.27. The van der Waals surface area contributed by atoms with Crippen LogP contribution in [0.15, 0.2) is 30.3 Å². The first-order valence-electron chi connectivity index (χ1n) is 5.45. The van der Waals surface area contributed by atoms with Crippen molar-refractivity contribution < 1.29 is 10.1 Å². The van der Waals surface area contributed by atoms with Gasteiger partial charge in [0.2, 0.25) is 0 Å². The summed E-state index contributed by atoms with van der Waals surface area (Å²) in [5.41, 5.74) is 0.831. The third-order valence-corrected chi connectivity index (χ3v) is 3.18. The van der Waals surface area contributed by atoms with Crippen molar-refractivity contribution in [3.8, 4) is 0 Å². The molecule has 0 aliphatic heterocycles. The van der Waals surface area contributed by atoms with Gasteiger partial charge in [0.15, 0.2) is 0 Å². The van der Waals surface area contributed by atoms with E-state index in [1.165, 1.54) is 5.56 Å². The molecule has 0 amide bonds. The van der Waals surface area contributed by atoms with Gasteiger partial charge >= 0.3 is 0 Å². The highest BCUT2D eigenvalue weighted by Gasteiger charge is 2.29. The Kier molecular flexibility index (Phi) is 4.30. The summed E-state index contributed by atoms with van der Waals surface area (Å²) in [5.74, 6) is 0.297. The smallest absolute Gasteiger partial charge is 0.103 e. The summed E-state index contributed by atoms with van der Waals surface area (Å²) in [6, 6.07) is 10.3. The first kappa shape index (κ1) is 12.2. The molecule has 0 saturated carbocycles. The summed E-state index contributed by atoms with van der Waals surface area (Å²) in [5, 5.41) is 8.93. The molecule has 15 heavy (non-hydrogen) atoms. The van der Waals surface area contributed by atoms with E-state index < -0.39 is 5.60 Å². The molecule has 1 N–H and O–H groups in total. The second-order valence-corrected chi connectivity index (χ2v) is 4.54. The summed E-state index contributed by atoms with van der Waals surface area (Å²) in [7, 11) is 0. The number of rotatable bonds is 5. The van der Waals surface area contributed by atoms with Crippen LogP contribution in [0.25, 0.3) is 0 Å². The second kappa shape index (κ2) is 5.29. The van der Waals surface area contributed by atoms with E-state index in [1.54, 1.807) is 0 Å². The Labute approximate surface area is 91.8 Å². The van der Waals surface area contributed by atoms with Gasteiger partial charge in [0.25, 0.3) is 0 Å². The Balaban J connectivity index is 2.55. The quantitative estimate of drug-likeness (QED) is 0.592. The molecular weight excluding hydrogens is 188 g/mol. The lowest BCUT2D eigenvalue weighted by atomic mass is 9.86. The van der Waals surface area contributed by atoms with E-state index in [4.69, 9.17) is 5.26 Å². The molecule has 0 aliphatic rings. The van der Waals surface area contributed by atoms with E-state index in [2.05, 4.69) is 30.9 Å². The highest BCUT2D eigenvalue weighted by molar-refractivity contribution is 5.15. The SMILES string of the molecule is CC(C)C(C)(CCc1ccccc1)OO. The Morgan fingerprint density at radius 2 is 1.87 bits per heavy atom. The normalized spacial score (nSPS) is 15.3. The first-order valence-corrected chi connectivity index (χ1v) is 5.45. The van der Waals surface area contributed by atoms with Crippen molar-refractivity contribution >= 4 is 0 Å². The van der Waals surface area contributed by atoms with Gasteiger partial charge in [0, 0.05) is 0 Å². The maximum Gasteiger partial charge on any atom is 0.103 e. The number of hydrogen-bond acceptors (Lipinski definition) is 2. The van der Waals surface area contributed by atoms with Crippen molar-refractivity contribution in [2.45, 2.75) is 39.2 Å². The zero-order valence-corrected chi connectivity index (χ0v) is 9.73. The third-order valence-electron chi connectivity index (χ3n) is 3.18. The van der Waals surface area contributed by atoms with Gasteiger partial charge in [-0.05, 0) is 31.2 Å². The van der Waals surface area contributed by atoms with Crippen LogP contribution in [0.4, 0.5) is 0 Å². The molecule has 0 aromatic heterocycles. The fourth-order valence-electron chi connectivity index (χ4n) is 1.48. The standard InChI is InChI=1S/C13H20O2/c1-11(2)13(3,15-14)10-9-12-7-5-4-6-8-12/h4-8,11,14H,9-10H2,1-3H3. The van der Waals surface area contributed by atoms with E-state index in [1.807, 2.05) is 25.1 Å². The van der Waals surface area contributed by atoms with Gasteiger partial charge in [-0.3, -0.25) is 5.26 Å². The maximum absolute atomic E-state index is 8.93. The molecular formula is C13H20O2. The highest BCUT2D eigenvalue weighted by Crippen LogP contribution is 2.26. The molecule has 0 spiro atoms. The molecule has 2 nitrogen and oxygen atoms in total. The van der Waals surface area contributed by atoms with Gasteiger partial charge in [-0.2, -0.15) is 0 Å². The predicted molar refractivity (Wildman–Crippen MR) is 61.7 cm³/mol. The van der Waals surface area contributed by atoms with Crippen molar-refractivity contribution in [1.29, 1.82) is 0 Å². The summed E-state index contributed by atoms with van der Waals surface area (Å²) in [6.07, 6.45) is 1.75. The summed E-state index contributed by atoms with van der Waals surface area (Å²) >= 11 is 0. The van der Waals surface area contributed by atoms with Gasteiger partial charge in [0.1, 0.15) is 5.60 Å². The molecule has 1 unspecified atom stereocenters. The summed E-state index contributed by atoms with van der Waals surface area (Å²) < 4.78 is 0. The van der Waals surface area contributed by atoms with Gasteiger partial charge in [-0.1, -0.05) is 44.2 Å². The van der Waals surface area contributed by atoms with Crippen LogP contribution in [0.5, 0.6) is 0 Å². The molecule has 1 aromatic rings.